The second-order valence-electron chi connectivity index (χ2n) is 1.30. The third kappa shape index (κ3) is 18.3. The average Bonchev–Trinajstić information content (AvgIpc) is 2.28. The smallest absolute Gasteiger partial charge is 0.123 e. The van der Waals surface area contributed by atoms with E-state index in [1.807, 2.05) is 41.5 Å². The molecular formula is C12H23F. The van der Waals surface area contributed by atoms with Crippen molar-refractivity contribution < 1.29 is 4.39 Å². The normalized spacial score (nSPS) is 6.08. The molecule has 13 heavy (non-hydrogen) atoms. The molecule has 0 aromatic heterocycles. The van der Waals surface area contributed by atoms with Crippen molar-refractivity contribution in [1.29, 1.82) is 0 Å². The topological polar surface area (TPSA) is 0 Å². The van der Waals surface area contributed by atoms with Gasteiger partial charge in [0.1, 0.15) is 5.82 Å². The van der Waals surface area contributed by atoms with Crippen LogP contribution in [0.4, 0.5) is 4.39 Å². The lowest BCUT2D eigenvalue weighted by Crippen LogP contribution is -1.63. The number of hydrogen-bond donors (Lipinski definition) is 0. The Morgan fingerprint density at radius 2 is 1.00 bits per heavy atom. The van der Waals surface area contributed by atoms with E-state index in [0.717, 1.165) is 0 Å². The highest BCUT2D eigenvalue weighted by Gasteiger charge is 1.77. The molecule has 0 nitrogen and oxygen atoms in total. The molecule has 1 aromatic carbocycles. The number of rotatable bonds is 0. The van der Waals surface area contributed by atoms with E-state index >= 15 is 0 Å². The fourth-order valence-corrected chi connectivity index (χ4v) is 0.415. The Hall–Kier alpha value is -0.850. The van der Waals surface area contributed by atoms with Crippen LogP contribution in [0.25, 0.3) is 0 Å². The Balaban J connectivity index is -0.000000144. The van der Waals surface area contributed by atoms with Crippen LogP contribution in [-0.4, -0.2) is 0 Å². The van der Waals surface area contributed by atoms with Gasteiger partial charge in [0.05, 0.1) is 0 Å². The Labute approximate surface area is 82.8 Å². The van der Waals surface area contributed by atoms with Gasteiger partial charge < -0.3 is 0 Å². The molecular weight excluding hydrogens is 162 g/mol. The van der Waals surface area contributed by atoms with Crippen molar-refractivity contribution in [2.45, 2.75) is 41.5 Å². The summed E-state index contributed by atoms with van der Waals surface area (Å²) in [6.07, 6.45) is 0. The summed E-state index contributed by atoms with van der Waals surface area (Å²) in [7, 11) is 0. The molecule has 0 atom stereocenters. The zero-order valence-electron chi connectivity index (χ0n) is 9.76. The standard InChI is InChI=1S/C6H5F.3C2H6/c7-6-4-2-1-3-5-6;3*1-2/h1-5H;3*1-2H3/i7-1;;;. The zero-order chi connectivity index (χ0) is 11.1. The summed E-state index contributed by atoms with van der Waals surface area (Å²) in [6.45, 7) is 12.0. The molecule has 0 saturated heterocycles. The quantitative estimate of drug-likeness (QED) is 0.539. The van der Waals surface area contributed by atoms with Crippen LogP contribution in [0.3, 0.4) is 0 Å². The molecule has 0 bridgehead atoms. The summed E-state index contributed by atoms with van der Waals surface area (Å²) in [6, 6.07) is 7.94. The lowest BCUT2D eigenvalue weighted by atomic mass is 10.4. The first-order valence-electron chi connectivity index (χ1n) is 5.10. The van der Waals surface area contributed by atoms with Crippen molar-refractivity contribution in [3.8, 4) is 0 Å². The van der Waals surface area contributed by atoms with E-state index in [-0.39, 0.29) is 5.82 Å². The molecule has 0 N–H and O–H groups in total. The van der Waals surface area contributed by atoms with Gasteiger partial charge in [-0.05, 0) is 12.1 Å². The molecule has 0 aliphatic carbocycles. The fourth-order valence-electron chi connectivity index (χ4n) is 0.415. The summed E-state index contributed by atoms with van der Waals surface area (Å²) < 4.78 is 11.9. The second-order valence-corrected chi connectivity index (χ2v) is 1.30. The fraction of sp³-hybridized carbons (Fsp3) is 0.500. The van der Waals surface area contributed by atoms with Crippen molar-refractivity contribution in [3.05, 3.63) is 36.1 Å². The Bertz CT molecular complexity index is 135. The van der Waals surface area contributed by atoms with Gasteiger partial charge in [0.15, 0.2) is 0 Å². The van der Waals surface area contributed by atoms with Gasteiger partial charge in [-0.2, -0.15) is 0 Å². The lowest BCUT2D eigenvalue weighted by Gasteiger charge is -1.78. The third-order valence-corrected chi connectivity index (χ3v) is 0.733. The summed E-state index contributed by atoms with van der Waals surface area (Å²) in [4.78, 5) is 0. The number of benzene rings is 1. The third-order valence-electron chi connectivity index (χ3n) is 0.733. The minimum Gasteiger partial charge on any atom is -0.207 e. The van der Waals surface area contributed by atoms with Gasteiger partial charge in [-0.25, -0.2) is 4.39 Å². The summed E-state index contributed by atoms with van der Waals surface area (Å²) in [5.74, 6) is -0.178. The van der Waals surface area contributed by atoms with Gasteiger partial charge in [0.25, 0.3) is 0 Å². The molecule has 0 heterocycles. The van der Waals surface area contributed by atoms with Gasteiger partial charge >= 0.3 is 0 Å². The predicted octanol–water partition coefficient (Wildman–Crippen LogP) is 4.90. The Morgan fingerprint density at radius 3 is 1.15 bits per heavy atom. The minimum atomic E-state index is -0.178. The molecule has 78 valence electrons. The maximum Gasteiger partial charge on any atom is 0.123 e. The van der Waals surface area contributed by atoms with E-state index in [9.17, 15) is 4.39 Å². The van der Waals surface area contributed by atoms with Gasteiger partial charge in [-0.1, -0.05) is 59.7 Å². The molecule has 0 unspecified atom stereocenters. The molecule has 0 aliphatic rings. The molecule has 0 amide bonds. The molecule has 0 radical (unpaired) electrons. The largest absolute Gasteiger partial charge is 0.207 e. The molecule has 0 aliphatic heterocycles. The van der Waals surface area contributed by atoms with Crippen LogP contribution in [0.5, 0.6) is 0 Å². The molecule has 1 rings (SSSR count). The first kappa shape index (κ1) is 18.0. The zero-order valence-corrected chi connectivity index (χ0v) is 9.76. The summed E-state index contributed by atoms with van der Waals surface area (Å²) in [5.41, 5.74) is 0. The molecule has 1 heteroatoms. The van der Waals surface area contributed by atoms with E-state index in [1.54, 1.807) is 18.2 Å². The van der Waals surface area contributed by atoms with Gasteiger partial charge in [-0.15, -0.1) is 0 Å². The number of hydrogen-bond acceptors (Lipinski definition) is 0. The second kappa shape index (κ2) is 22.5. The summed E-state index contributed by atoms with van der Waals surface area (Å²) in [5, 5.41) is 0. The van der Waals surface area contributed by atoms with Crippen molar-refractivity contribution >= 4 is 0 Å². The van der Waals surface area contributed by atoms with Crippen LogP contribution in [-0.2, 0) is 0 Å². The molecule has 0 saturated carbocycles. The Morgan fingerprint density at radius 1 is 0.692 bits per heavy atom. The highest BCUT2D eigenvalue weighted by molar-refractivity contribution is 5.02. The van der Waals surface area contributed by atoms with Crippen molar-refractivity contribution in [2.24, 2.45) is 0 Å². The SMILES string of the molecule is CC.CC.CC.[18F]c1ccccc1. The van der Waals surface area contributed by atoms with Crippen molar-refractivity contribution in [3.63, 3.8) is 0 Å². The average molecular weight is 185 g/mol. The first-order chi connectivity index (χ1) is 6.39. The van der Waals surface area contributed by atoms with Crippen LogP contribution >= 0.6 is 0 Å². The Kier molecular flexibility index (Phi) is 31.2. The maximum absolute atomic E-state index is 11.9. The first-order valence-corrected chi connectivity index (χ1v) is 5.10. The van der Waals surface area contributed by atoms with E-state index in [4.69, 9.17) is 0 Å². The van der Waals surface area contributed by atoms with E-state index in [1.165, 1.54) is 12.1 Å². The predicted molar refractivity (Wildman–Crippen MR) is 60.4 cm³/mol. The van der Waals surface area contributed by atoms with E-state index in [2.05, 4.69) is 0 Å². The minimum absolute atomic E-state index is 0.178. The van der Waals surface area contributed by atoms with Crippen molar-refractivity contribution in [2.75, 3.05) is 0 Å². The van der Waals surface area contributed by atoms with Crippen LogP contribution < -0.4 is 0 Å². The molecule has 0 spiro atoms. The van der Waals surface area contributed by atoms with E-state index in [0.29, 0.717) is 0 Å². The molecule has 1 aromatic rings. The van der Waals surface area contributed by atoms with Gasteiger partial charge in [0.2, 0.25) is 0 Å². The van der Waals surface area contributed by atoms with Crippen LogP contribution in [0.1, 0.15) is 41.5 Å². The van der Waals surface area contributed by atoms with Crippen molar-refractivity contribution in [1.82, 2.24) is 0 Å². The molecule has 0 fully saturated rings. The highest BCUT2D eigenvalue weighted by Crippen LogP contribution is 1.91. The highest BCUT2D eigenvalue weighted by atomic mass is 18.2. The van der Waals surface area contributed by atoms with E-state index < -0.39 is 0 Å². The van der Waals surface area contributed by atoms with Gasteiger partial charge in [0, 0.05) is 0 Å². The summed E-state index contributed by atoms with van der Waals surface area (Å²) >= 11 is 0. The van der Waals surface area contributed by atoms with Crippen LogP contribution in [0.2, 0.25) is 0 Å². The van der Waals surface area contributed by atoms with Crippen LogP contribution in [0.15, 0.2) is 30.3 Å². The monoisotopic (exact) mass is 185 g/mol. The number of halogens is 1. The maximum atomic E-state index is 11.9. The van der Waals surface area contributed by atoms with Crippen LogP contribution in [0, 0.1) is 5.82 Å². The lowest BCUT2D eigenvalue weighted by molar-refractivity contribution is 0.628. The van der Waals surface area contributed by atoms with Gasteiger partial charge in [-0.3, -0.25) is 0 Å².